The number of aliphatic hydroxyl groups is 2. The summed E-state index contributed by atoms with van der Waals surface area (Å²) in [5, 5.41) is 20.3. The third-order valence-corrected chi connectivity index (χ3v) is 6.31. The summed E-state index contributed by atoms with van der Waals surface area (Å²) in [7, 11) is 0. The minimum atomic E-state index is -0.688. The zero-order valence-corrected chi connectivity index (χ0v) is 14.4. The van der Waals surface area contributed by atoms with E-state index in [1.54, 1.807) is 0 Å². The van der Waals surface area contributed by atoms with Gasteiger partial charge in [-0.3, -0.25) is 0 Å². The van der Waals surface area contributed by atoms with Gasteiger partial charge in [0, 0.05) is 5.92 Å². The van der Waals surface area contributed by atoms with Gasteiger partial charge in [0.15, 0.2) is 0 Å². The molecule has 0 aromatic carbocycles. The van der Waals surface area contributed by atoms with Crippen molar-refractivity contribution >= 4 is 0 Å². The van der Waals surface area contributed by atoms with Gasteiger partial charge in [-0.1, -0.05) is 13.8 Å². The Morgan fingerprint density at radius 3 is 2.43 bits per heavy atom. The van der Waals surface area contributed by atoms with Crippen molar-refractivity contribution in [1.29, 1.82) is 0 Å². The molecule has 124 valence electrons. The van der Waals surface area contributed by atoms with Gasteiger partial charge in [-0.2, -0.15) is 0 Å². The summed E-state index contributed by atoms with van der Waals surface area (Å²) in [6, 6.07) is 0. The first-order valence-corrected chi connectivity index (χ1v) is 8.73. The zero-order chi connectivity index (χ0) is 15.8. The second-order valence-electron chi connectivity index (χ2n) is 8.20. The molecule has 3 heteroatoms. The molecule has 7 atom stereocenters. The van der Waals surface area contributed by atoms with Crippen molar-refractivity contribution in [1.82, 2.24) is 0 Å². The molecule has 2 aliphatic carbocycles. The quantitative estimate of drug-likeness (QED) is 0.819. The van der Waals surface area contributed by atoms with Crippen LogP contribution in [0.25, 0.3) is 0 Å². The average molecular weight is 298 g/mol. The van der Waals surface area contributed by atoms with Crippen LogP contribution in [-0.4, -0.2) is 34.6 Å². The van der Waals surface area contributed by atoms with E-state index in [1.807, 2.05) is 20.8 Å². The number of hydrogen-bond acceptors (Lipinski definition) is 3. The van der Waals surface area contributed by atoms with Crippen LogP contribution in [0.4, 0.5) is 0 Å². The van der Waals surface area contributed by atoms with E-state index in [0.717, 1.165) is 19.3 Å². The molecule has 0 aromatic heterocycles. The third kappa shape index (κ3) is 3.80. The SMILES string of the molecule is CC(OC[C@H](C)C(C)(C)O)C1CCC2C(O)CC[C@H](C)C21. The number of aliphatic hydroxyl groups excluding tert-OH is 1. The van der Waals surface area contributed by atoms with Crippen LogP contribution in [0.1, 0.15) is 60.3 Å². The fourth-order valence-corrected chi connectivity index (χ4v) is 4.39. The second-order valence-corrected chi connectivity index (χ2v) is 8.20. The summed E-state index contributed by atoms with van der Waals surface area (Å²) in [6.07, 6.45) is 4.56. The summed E-state index contributed by atoms with van der Waals surface area (Å²) in [5.41, 5.74) is -0.688. The summed E-state index contributed by atoms with van der Waals surface area (Å²) in [6.45, 7) is 10.9. The Hall–Kier alpha value is -0.120. The molecule has 2 saturated carbocycles. The van der Waals surface area contributed by atoms with Crippen LogP contribution in [0.5, 0.6) is 0 Å². The molecule has 0 bridgehead atoms. The van der Waals surface area contributed by atoms with Crippen LogP contribution >= 0.6 is 0 Å². The van der Waals surface area contributed by atoms with Gasteiger partial charge >= 0.3 is 0 Å². The average Bonchev–Trinajstić information content (AvgIpc) is 2.84. The highest BCUT2D eigenvalue weighted by Crippen LogP contribution is 2.50. The van der Waals surface area contributed by atoms with Gasteiger partial charge < -0.3 is 14.9 Å². The number of fused-ring (bicyclic) bond motifs is 1. The lowest BCUT2D eigenvalue weighted by Crippen LogP contribution is -2.40. The highest BCUT2D eigenvalue weighted by molar-refractivity contribution is 4.96. The maximum absolute atomic E-state index is 10.2. The van der Waals surface area contributed by atoms with E-state index in [1.165, 1.54) is 6.42 Å². The van der Waals surface area contributed by atoms with Crippen molar-refractivity contribution in [2.24, 2.45) is 29.6 Å². The van der Waals surface area contributed by atoms with E-state index in [2.05, 4.69) is 13.8 Å². The van der Waals surface area contributed by atoms with Crippen LogP contribution in [-0.2, 0) is 4.74 Å². The molecule has 21 heavy (non-hydrogen) atoms. The van der Waals surface area contributed by atoms with Gasteiger partial charge in [0.2, 0.25) is 0 Å². The van der Waals surface area contributed by atoms with E-state index in [9.17, 15) is 10.2 Å². The largest absolute Gasteiger partial charge is 0.393 e. The predicted octanol–water partition coefficient (Wildman–Crippen LogP) is 3.23. The minimum Gasteiger partial charge on any atom is -0.393 e. The second kappa shape index (κ2) is 6.55. The van der Waals surface area contributed by atoms with Crippen LogP contribution in [0.15, 0.2) is 0 Å². The first-order chi connectivity index (χ1) is 9.71. The zero-order valence-electron chi connectivity index (χ0n) is 14.4. The van der Waals surface area contributed by atoms with E-state index in [-0.39, 0.29) is 18.1 Å². The molecular formula is C18H34O3. The monoisotopic (exact) mass is 298 g/mol. The standard InChI is InChI=1S/C18H34O3/c1-11-6-9-16(19)15-8-7-14(17(11)15)13(3)21-10-12(2)18(4,5)20/h11-17,19-20H,6-10H2,1-5H3/t11-,12-,13?,14?,15?,16?,17?/m0/s1. The van der Waals surface area contributed by atoms with Gasteiger partial charge in [-0.15, -0.1) is 0 Å². The van der Waals surface area contributed by atoms with Crippen LogP contribution in [0, 0.1) is 29.6 Å². The van der Waals surface area contributed by atoms with Gasteiger partial charge in [0.1, 0.15) is 0 Å². The first kappa shape index (κ1) is 17.2. The smallest absolute Gasteiger partial charge is 0.0639 e. The molecule has 3 nitrogen and oxygen atoms in total. The summed E-state index contributed by atoms with van der Waals surface area (Å²) in [4.78, 5) is 0. The Kier molecular flexibility index (Phi) is 5.38. The molecule has 0 radical (unpaired) electrons. The molecule has 0 amide bonds. The first-order valence-electron chi connectivity index (χ1n) is 8.73. The van der Waals surface area contributed by atoms with Crippen molar-refractivity contribution in [3.05, 3.63) is 0 Å². The highest BCUT2D eigenvalue weighted by Gasteiger charge is 2.47. The van der Waals surface area contributed by atoms with E-state index >= 15 is 0 Å². The number of hydrogen-bond donors (Lipinski definition) is 2. The number of ether oxygens (including phenoxy) is 1. The molecule has 2 rings (SSSR count). The Labute approximate surface area is 130 Å². The highest BCUT2D eigenvalue weighted by atomic mass is 16.5. The molecule has 5 unspecified atom stereocenters. The van der Waals surface area contributed by atoms with Crippen molar-refractivity contribution < 1.29 is 14.9 Å². The van der Waals surface area contributed by atoms with Crippen molar-refractivity contribution in [2.75, 3.05) is 6.61 Å². The van der Waals surface area contributed by atoms with Gasteiger partial charge in [-0.25, -0.2) is 0 Å². The van der Waals surface area contributed by atoms with Crippen LogP contribution < -0.4 is 0 Å². The molecule has 0 saturated heterocycles. The molecule has 0 heterocycles. The molecule has 2 aliphatic rings. The molecular weight excluding hydrogens is 264 g/mol. The molecule has 2 fully saturated rings. The lowest BCUT2D eigenvalue weighted by molar-refractivity contribution is -0.0716. The third-order valence-electron chi connectivity index (χ3n) is 6.31. The predicted molar refractivity (Wildman–Crippen MR) is 85.0 cm³/mol. The maximum Gasteiger partial charge on any atom is 0.0639 e. The topological polar surface area (TPSA) is 49.7 Å². The van der Waals surface area contributed by atoms with E-state index in [0.29, 0.717) is 30.3 Å². The Morgan fingerprint density at radius 2 is 1.81 bits per heavy atom. The lowest BCUT2D eigenvalue weighted by atomic mass is 9.69. The van der Waals surface area contributed by atoms with Crippen LogP contribution in [0.2, 0.25) is 0 Å². The molecule has 0 spiro atoms. The number of rotatable bonds is 5. The van der Waals surface area contributed by atoms with Crippen LogP contribution in [0.3, 0.4) is 0 Å². The van der Waals surface area contributed by atoms with Crippen molar-refractivity contribution in [3.8, 4) is 0 Å². The minimum absolute atomic E-state index is 0.0984. The van der Waals surface area contributed by atoms with Gasteiger partial charge in [0.05, 0.1) is 24.4 Å². The van der Waals surface area contributed by atoms with Gasteiger partial charge in [0.25, 0.3) is 0 Å². The summed E-state index contributed by atoms with van der Waals surface area (Å²) < 4.78 is 6.11. The van der Waals surface area contributed by atoms with E-state index in [4.69, 9.17) is 4.74 Å². The van der Waals surface area contributed by atoms with Crippen molar-refractivity contribution in [3.63, 3.8) is 0 Å². The molecule has 0 aliphatic heterocycles. The lowest BCUT2D eigenvalue weighted by Gasteiger charge is -2.40. The summed E-state index contributed by atoms with van der Waals surface area (Å²) >= 11 is 0. The maximum atomic E-state index is 10.2. The Morgan fingerprint density at radius 1 is 1.14 bits per heavy atom. The molecule has 0 aromatic rings. The normalized spacial score (nSPS) is 39.9. The van der Waals surface area contributed by atoms with E-state index < -0.39 is 5.60 Å². The Bertz CT molecular complexity index is 336. The van der Waals surface area contributed by atoms with Gasteiger partial charge in [-0.05, 0) is 70.1 Å². The fraction of sp³-hybridized carbons (Fsp3) is 1.00. The Balaban J connectivity index is 1.92. The summed E-state index contributed by atoms with van der Waals surface area (Å²) in [5.74, 6) is 2.49. The fourth-order valence-electron chi connectivity index (χ4n) is 4.39. The van der Waals surface area contributed by atoms with Crippen molar-refractivity contribution in [2.45, 2.75) is 78.1 Å². The molecule has 2 N–H and O–H groups in total.